The number of carboxylic acid groups (broad SMARTS) is 1. The van der Waals surface area contributed by atoms with Crippen molar-refractivity contribution in [2.75, 3.05) is 12.0 Å². The molecule has 1 saturated carbocycles. The molecule has 2 aromatic carbocycles. The number of carboxylic acids is 1. The van der Waals surface area contributed by atoms with Gasteiger partial charge in [-0.25, -0.2) is 4.79 Å². The number of hydrogen-bond acceptors (Lipinski definition) is 4. The molecule has 1 aliphatic heterocycles. The van der Waals surface area contributed by atoms with Gasteiger partial charge >= 0.3 is 30.6 Å². The van der Waals surface area contributed by atoms with Gasteiger partial charge in [0.05, 0.1) is 29.8 Å². The predicted octanol–water partition coefficient (Wildman–Crippen LogP) is 8.85. The van der Waals surface area contributed by atoms with Crippen molar-refractivity contribution in [3.63, 3.8) is 0 Å². The monoisotopic (exact) mass is 696 g/mol. The molecule has 2 aromatic rings. The smallest absolute Gasteiger partial charge is 0.416 e. The van der Waals surface area contributed by atoms with Gasteiger partial charge in [-0.15, -0.1) is 0 Å². The Kier molecular flexibility index (Phi) is 10.6. The van der Waals surface area contributed by atoms with Gasteiger partial charge in [-0.2, -0.15) is 39.5 Å². The van der Waals surface area contributed by atoms with E-state index in [1.54, 1.807) is 6.92 Å². The van der Waals surface area contributed by atoms with E-state index >= 15 is 0 Å². The largest absolute Gasteiger partial charge is 0.481 e. The second-order valence-corrected chi connectivity index (χ2v) is 12.1. The number of anilines is 1. The van der Waals surface area contributed by atoms with E-state index in [1.165, 1.54) is 4.90 Å². The number of carbonyl (C=O) groups is 3. The number of rotatable bonds is 7. The molecular weight excluding hydrogens is 663 g/mol. The van der Waals surface area contributed by atoms with Crippen LogP contribution in [0.4, 0.5) is 50.0 Å². The molecule has 0 bridgehead atoms. The van der Waals surface area contributed by atoms with Gasteiger partial charge in [-0.05, 0) is 92.0 Å². The van der Waals surface area contributed by atoms with E-state index in [-0.39, 0.29) is 42.5 Å². The second kappa shape index (κ2) is 13.9. The van der Waals surface area contributed by atoms with Crippen LogP contribution in [0.2, 0.25) is 0 Å². The summed E-state index contributed by atoms with van der Waals surface area (Å²) in [5, 5.41) is 9.13. The number of methoxy groups -OCH3 is 1. The normalized spacial score (nSPS) is 21.8. The summed E-state index contributed by atoms with van der Waals surface area (Å²) < 4.78 is 128. The Hall–Kier alpha value is -3.98. The first-order chi connectivity index (χ1) is 22.2. The lowest BCUT2D eigenvalue weighted by Crippen LogP contribution is -2.50. The topological polar surface area (TPSA) is 87.2 Å². The van der Waals surface area contributed by atoms with Crippen LogP contribution in [0.15, 0.2) is 36.4 Å². The van der Waals surface area contributed by atoms with E-state index in [4.69, 9.17) is 9.84 Å². The molecule has 0 aromatic heterocycles. The summed E-state index contributed by atoms with van der Waals surface area (Å²) in [6.45, 7) is 0.795. The third-order valence-electron chi connectivity index (χ3n) is 8.99. The summed E-state index contributed by atoms with van der Waals surface area (Å²) >= 11 is 0. The standard InChI is InChI=1S/C32H33F9N2O5/c1-3-23-15-26(42(29(47)48-2)16-18-10-21(31(36,37)38)13-22(11-18)32(39,40)41)24-14-20(30(33,34)35)8-9-25(24)43(23)28(46)19-6-4-17(5-7-19)12-27(44)45/h8-11,13-14,17,19,23,26H,3-7,12,15-16H2,1-2H3,(H,44,45)/t17-,19+,23-,26?/m1/s1. The van der Waals surface area contributed by atoms with Crippen molar-refractivity contribution < 1.29 is 63.7 Å². The number of alkyl halides is 9. The highest BCUT2D eigenvalue weighted by molar-refractivity contribution is 5.97. The predicted molar refractivity (Wildman–Crippen MR) is 152 cm³/mol. The number of halogens is 9. The minimum Gasteiger partial charge on any atom is -0.481 e. The highest BCUT2D eigenvalue weighted by Crippen LogP contribution is 2.47. The number of hydrogen-bond donors (Lipinski definition) is 1. The Morgan fingerprint density at radius 1 is 0.854 bits per heavy atom. The molecule has 4 rings (SSSR count). The number of fused-ring (bicyclic) bond motifs is 1. The van der Waals surface area contributed by atoms with Crippen molar-refractivity contribution >= 4 is 23.7 Å². The molecular formula is C32H33F9N2O5. The quantitative estimate of drug-likeness (QED) is 0.293. The van der Waals surface area contributed by atoms with Crippen molar-refractivity contribution in [1.82, 2.24) is 4.90 Å². The molecule has 2 aliphatic rings. The van der Waals surface area contributed by atoms with Crippen molar-refractivity contribution in [3.05, 3.63) is 64.2 Å². The minimum absolute atomic E-state index is 0.0117. The Balaban J connectivity index is 1.80. The van der Waals surface area contributed by atoms with E-state index in [0.29, 0.717) is 37.8 Å². The average Bonchev–Trinajstić information content (AvgIpc) is 3.00. The van der Waals surface area contributed by atoms with Crippen molar-refractivity contribution in [1.29, 1.82) is 0 Å². The van der Waals surface area contributed by atoms with Crippen LogP contribution in [0.1, 0.15) is 85.7 Å². The lowest BCUT2D eigenvalue weighted by Gasteiger charge is -2.45. The molecule has 16 heteroatoms. The fourth-order valence-electron chi connectivity index (χ4n) is 6.63. The summed E-state index contributed by atoms with van der Waals surface area (Å²) in [5.74, 6) is -2.09. The maximum Gasteiger partial charge on any atom is 0.416 e. The first kappa shape index (κ1) is 36.8. The summed E-state index contributed by atoms with van der Waals surface area (Å²) in [6, 6.07) is 1.24. The van der Waals surface area contributed by atoms with E-state index < -0.39 is 83.3 Å². The molecule has 2 amide bonds. The lowest BCUT2D eigenvalue weighted by molar-refractivity contribution is -0.143. The second-order valence-electron chi connectivity index (χ2n) is 12.1. The highest BCUT2D eigenvalue weighted by atomic mass is 19.4. The SMILES string of the molecule is CC[C@@H]1CC(N(Cc2cc(C(F)(F)F)cc(C(F)(F)F)c2)C(=O)OC)c2cc(C(F)(F)F)ccc2N1C(=O)[C@H]1CC[C@@H](CC(=O)O)CC1. The molecule has 0 saturated heterocycles. The molecule has 1 unspecified atom stereocenters. The Bertz CT molecular complexity index is 1480. The fourth-order valence-corrected chi connectivity index (χ4v) is 6.63. The van der Waals surface area contributed by atoms with Crippen LogP contribution >= 0.6 is 0 Å². The Morgan fingerprint density at radius 3 is 1.90 bits per heavy atom. The van der Waals surface area contributed by atoms with Gasteiger partial charge in [0, 0.05) is 30.6 Å². The number of nitrogens with zero attached hydrogens (tertiary/aromatic N) is 2. The maximum absolute atomic E-state index is 14.0. The van der Waals surface area contributed by atoms with Crippen LogP contribution in [0.25, 0.3) is 0 Å². The molecule has 0 spiro atoms. The van der Waals surface area contributed by atoms with Crippen molar-refractivity contribution in [3.8, 4) is 0 Å². The third-order valence-corrected chi connectivity index (χ3v) is 8.99. The zero-order chi connectivity index (χ0) is 35.8. The van der Waals surface area contributed by atoms with E-state index in [0.717, 1.165) is 30.2 Å². The van der Waals surface area contributed by atoms with Gasteiger partial charge in [0.25, 0.3) is 0 Å². The molecule has 1 N–H and O–H groups in total. The van der Waals surface area contributed by atoms with Gasteiger partial charge in [0.1, 0.15) is 0 Å². The third kappa shape index (κ3) is 8.17. The lowest BCUT2D eigenvalue weighted by atomic mass is 9.79. The van der Waals surface area contributed by atoms with Crippen molar-refractivity contribution in [2.45, 2.75) is 89.0 Å². The van der Waals surface area contributed by atoms with Crippen molar-refractivity contribution in [2.24, 2.45) is 11.8 Å². The molecule has 264 valence electrons. The maximum atomic E-state index is 14.0. The number of carbonyl (C=O) groups excluding carboxylic acids is 2. The number of aliphatic carboxylic acids is 1. The van der Waals surface area contributed by atoms with Crippen LogP contribution in [0.3, 0.4) is 0 Å². The highest BCUT2D eigenvalue weighted by Gasteiger charge is 2.44. The fraction of sp³-hybridized carbons (Fsp3) is 0.531. The molecule has 1 fully saturated rings. The zero-order valence-electron chi connectivity index (χ0n) is 25.8. The number of benzene rings is 2. The van der Waals surface area contributed by atoms with Gasteiger partial charge in [-0.1, -0.05) is 6.92 Å². The molecule has 48 heavy (non-hydrogen) atoms. The minimum atomic E-state index is -5.19. The van der Waals surface area contributed by atoms with Crippen LogP contribution in [-0.2, 0) is 39.4 Å². The van der Waals surface area contributed by atoms with Crippen LogP contribution in [0, 0.1) is 11.8 Å². The van der Waals surface area contributed by atoms with Gasteiger partial charge in [-0.3, -0.25) is 14.5 Å². The summed E-state index contributed by atoms with van der Waals surface area (Å²) in [7, 11) is 0.909. The molecule has 7 nitrogen and oxygen atoms in total. The van der Waals surface area contributed by atoms with Crippen LogP contribution < -0.4 is 4.90 Å². The molecule has 2 atom stereocenters. The number of amides is 2. The number of ether oxygens (including phenoxy) is 1. The van der Waals surface area contributed by atoms with E-state index in [2.05, 4.69) is 0 Å². The van der Waals surface area contributed by atoms with E-state index in [9.17, 15) is 53.9 Å². The van der Waals surface area contributed by atoms with Gasteiger partial charge < -0.3 is 14.7 Å². The van der Waals surface area contributed by atoms with Gasteiger partial charge in [0.15, 0.2) is 0 Å². The van der Waals surface area contributed by atoms with Gasteiger partial charge in [0.2, 0.25) is 5.91 Å². The Labute approximate surface area is 269 Å². The van der Waals surface area contributed by atoms with E-state index in [1.807, 2.05) is 0 Å². The summed E-state index contributed by atoms with van der Waals surface area (Å²) in [4.78, 5) is 40.4. The first-order valence-electron chi connectivity index (χ1n) is 15.1. The Morgan fingerprint density at radius 2 is 1.42 bits per heavy atom. The van der Waals surface area contributed by atoms with Crippen LogP contribution in [0.5, 0.6) is 0 Å². The van der Waals surface area contributed by atoms with Crippen LogP contribution in [-0.4, -0.2) is 41.1 Å². The average molecular weight is 697 g/mol. The molecule has 0 radical (unpaired) electrons. The first-order valence-corrected chi connectivity index (χ1v) is 15.1. The molecule has 1 heterocycles. The molecule has 1 aliphatic carbocycles. The zero-order valence-corrected chi connectivity index (χ0v) is 25.8. The summed E-state index contributed by atoms with van der Waals surface area (Å²) in [6.07, 6.45) is -14.9. The summed E-state index contributed by atoms with van der Waals surface area (Å²) in [5.41, 5.74) is -5.19.